The Balaban J connectivity index is 2.15. The molecule has 2 rings (SSSR count). The second-order valence-electron chi connectivity index (χ2n) is 6.12. The number of nitrogens with two attached hydrogens (primary N) is 1. The van der Waals surface area contributed by atoms with Gasteiger partial charge >= 0.3 is 0 Å². The SMILES string of the molecule is CC1CC(C)C(C)N(Cc2cc(CN)ccc2F)C1. The van der Waals surface area contributed by atoms with Gasteiger partial charge < -0.3 is 5.73 Å². The molecule has 0 bridgehead atoms. The minimum Gasteiger partial charge on any atom is -0.326 e. The van der Waals surface area contributed by atoms with Crippen molar-refractivity contribution in [3.63, 3.8) is 0 Å². The van der Waals surface area contributed by atoms with Crippen molar-refractivity contribution < 1.29 is 4.39 Å². The molecule has 1 saturated heterocycles. The van der Waals surface area contributed by atoms with Crippen LogP contribution < -0.4 is 5.73 Å². The number of likely N-dealkylation sites (tertiary alicyclic amines) is 1. The zero-order valence-corrected chi connectivity index (χ0v) is 12.2. The van der Waals surface area contributed by atoms with E-state index in [-0.39, 0.29) is 5.82 Å². The molecule has 2 N–H and O–H groups in total. The van der Waals surface area contributed by atoms with E-state index in [0.717, 1.165) is 17.7 Å². The molecule has 0 saturated carbocycles. The van der Waals surface area contributed by atoms with Crippen LogP contribution in [0.1, 0.15) is 38.3 Å². The number of nitrogens with zero attached hydrogens (tertiary/aromatic N) is 1. The van der Waals surface area contributed by atoms with Crippen LogP contribution in [0, 0.1) is 17.7 Å². The second-order valence-corrected chi connectivity index (χ2v) is 6.12. The lowest BCUT2D eigenvalue weighted by atomic mass is 9.85. The predicted octanol–water partition coefficient (Wildman–Crippen LogP) is 3.15. The third kappa shape index (κ3) is 3.34. The Labute approximate surface area is 115 Å². The number of rotatable bonds is 3. The van der Waals surface area contributed by atoms with Crippen LogP contribution in [0.25, 0.3) is 0 Å². The van der Waals surface area contributed by atoms with Crippen molar-refractivity contribution in [1.29, 1.82) is 0 Å². The predicted molar refractivity (Wildman–Crippen MR) is 77.1 cm³/mol. The second kappa shape index (κ2) is 6.02. The highest BCUT2D eigenvalue weighted by Gasteiger charge is 2.29. The molecule has 1 aliphatic rings. The fourth-order valence-electron chi connectivity index (χ4n) is 3.14. The molecule has 0 amide bonds. The van der Waals surface area contributed by atoms with Crippen LogP contribution in [0.15, 0.2) is 18.2 Å². The van der Waals surface area contributed by atoms with Crippen LogP contribution in [0.2, 0.25) is 0 Å². The molecule has 1 heterocycles. The summed E-state index contributed by atoms with van der Waals surface area (Å²) in [5.74, 6) is 1.24. The van der Waals surface area contributed by atoms with Gasteiger partial charge in [0.15, 0.2) is 0 Å². The van der Waals surface area contributed by atoms with Gasteiger partial charge in [0, 0.05) is 31.2 Å². The Bertz CT molecular complexity index is 433. The lowest BCUT2D eigenvalue weighted by molar-refractivity contribution is 0.0719. The molecule has 0 aromatic heterocycles. The highest BCUT2D eigenvalue weighted by atomic mass is 19.1. The first-order valence-corrected chi connectivity index (χ1v) is 7.22. The standard InChI is InChI=1S/C16H25FN2/c1-11-6-12(2)13(3)19(9-11)10-15-7-14(8-18)4-5-16(15)17/h4-5,7,11-13H,6,8-10,18H2,1-3H3. The van der Waals surface area contributed by atoms with Gasteiger partial charge in [0.05, 0.1) is 0 Å². The fourth-order valence-corrected chi connectivity index (χ4v) is 3.14. The molecule has 2 nitrogen and oxygen atoms in total. The first-order chi connectivity index (χ1) is 9.01. The van der Waals surface area contributed by atoms with Crippen LogP contribution in [-0.2, 0) is 13.1 Å². The van der Waals surface area contributed by atoms with Gasteiger partial charge in [-0.05, 0) is 36.8 Å². The monoisotopic (exact) mass is 264 g/mol. The van der Waals surface area contributed by atoms with Crippen LogP contribution in [0.3, 0.4) is 0 Å². The summed E-state index contributed by atoms with van der Waals surface area (Å²) in [6.07, 6.45) is 1.27. The molecule has 1 fully saturated rings. The largest absolute Gasteiger partial charge is 0.326 e. The molecular weight excluding hydrogens is 239 g/mol. The van der Waals surface area contributed by atoms with Gasteiger partial charge in [-0.25, -0.2) is 4.39 Å². The number of hydrogen-bond donors (Lipinski definition) is 1. The van der Waals surface area contributed by atoms with Gasteiger partial charge in [-0.1, -0.05) is 26.0 Å². The number of piperidine rings is 1. The van der Waals surface area contributed by atoms with E-state index in [1.807, 2.05) is 6.07 Å². The van der Waals surface area contributed by atoms with Crippen LogP contribution in [0.5, 0.6) is 0 Å². The molecule has 0 radical (unpaired) electrons. The van der Waals surface area contributed by atoms with E-state index in [0.29, 0.717) is 31.0 Å². The van der Waals surface area contributed by atoms with Gasteiger partial charge in [-0.15, -0.1) is 0 Å². The molecule has 3 heteroatoms. The van der Waals surface area contributed by atoms with Crippen LogP contribution in [-0.4, -0.2) is 17.5 Å². The Morgan fingerprint density at radius 1 is 1.32 bits per heavy atom. The van der Waals surface area contributed by atoms with Crippen LogP contribution in [0.4, 0.5) is 4.39 Å². The minimum absolute atomic E-state index is 0.115. The molecule has 19 heavy (non-hydrogen) atoms. The van der Waals surface area contributed by atoms with Gasteiger partial charge in [0.1, 0.15) is 5.82 Å². The van der Waals surface area contributed by atoms with Crippen molar-refractivity contribution in [2.45, 2.75) is 46.3 Å². The number of hydrogen-bond acceptors (Lipinski definition) is 2. The molecule has 1 aromatic rings. The average molecular weight is 264 g/mol. The Morgan fingerprint density at radius 3 is 2.74 bits per heavy atom. The van der Waals surface area contributed by atoms with Crippen molar-refractivity contribution in [3.8, 4) is 0 Å². The highest BCUT2D eigenvalue weighted by molar-refractivity contribution is 5.25. The van der Waals surface area contributed by atoms with Crippen molar-refractivity contribution in [2.75, 3.05) is 6.54 Å². The summed E-state index contributed by atoms with van der Waals surface area (Å²) < 4.78 is 13.9. The van der Waals surface area contributed by atoms with E-state index in [1.165, 1.54) is 6.42 Å². The van der Waals surface area contributed by atoms with Crippen molar-refractivity contribution >= 4 is 0 Å². The van der Waals surface area contributed by atoms with E-state index in [2.05, 4.69) is 25.7 Å². The Kier molecular flexibility index (Phi) is 4.58. The molecule has 0 aliphatic carbocycles. The summed E-state index contributed by atoms with van der Waals surface area (Å²) in [4.78, 5) is 2.40. The first kappa shape index (κ1) is 14.5. The van der Waals surface area contributed by atoms with E-state index in [1.54, 1.807) is 12.1 Å². The van der Waals surface area contributed by atoms with Crippen LogP contribution >= 0.6 is 0 Å². The van der Waals surface area contributed by atoms with E-state index in [9.17, 15) is 4.39 Å². The molecule has 3 unspecified atom stereocenters. The maximum Gasteiger partial charge on any atom is 0.127 e. The smallest absolute Gasteiger partial charge is 0.127 e. The molecule has 0 spiro atoms. The van der Waals surface area contributed by atoms with E-state index < -0.39 is 0 Å². The highest BCUT2D eigenvalue weighted by Crippen LogP contribution is 2.28. The molecule has 1 aliphatic heterocycles. The molecule has 3 atom stereocenters. The van der Waals surface area contributed by atoms with Gasteiger partial charge in [0.2, 0.25) is 0 Å². The molecule has 1 aromatic carbocycles. The summed E-state index contributed by atoms with van der Waals surface area (Å²) in [5.41, 5.74) is 7.41. The molecular formula is C16H25FN2. The Morgan fingerprint density at radius 2 is 2.05 bits per heavy atom. The fraction of sp³-hybridized carbons (Fsp3) is 0.625. The maximum absolute atomic E-state index is 13.9. The normalized spacial score (nSPS) is 28.6. The summed E-state index contributed by atoms with van der Waals surface area (Å²) in [6.45, 7) is 9.03. The zero-order valence-electron chi connectivity index (χ0n) is 12.2. The summed E-state index contributed by atoms with van der Waals surface area (Å²) in [7, 11) is 0. The van der Waals surface area contributed by atoms with Gasteiger partial charge in [0.25, 0.3) is 0 Å². The topological polar surface area (TPSA) is 29.3 Å². The number of halogens is 1. The zero-order chi connectivity index (χ0) is 14.0. The van der Waals surface area contributed by atoms with Crippen molar-refractivity contribution in [1.82, 2.24) is 4.90 Å². The molecule has 106 valence electrons. The van der Waals surface area contributed by atoms with E-state index in [4.69, 9.17) is 5.73 Å². The third-order valence-electron chi connectivity index (χ3n) is 4.44. The maximum atomic E-state index is 13.9. The number of benzene rings is 1. The lowest BCUT2D eigenvalue weighted by Gasteiger charge is -2.41. The van der Waals surface area contributed by atoms with Crippen molar-refractivity contribution in [2.24, 2.45) is 17.6 Å². The van der Waals surface area contributed by atoms with Crippen molar-refractivity contribution in [3.05, 3.63) is 35.1 Å². The quantitative estimate of drug-likeness (QED) is 0.908. The summed E-state index contributed by atoms with van der Waals surface area (Å²) in [5, 5.41) is 0. The van der Waals surface area contributed by atoms with E-state index >= 15 is 0 Å². The lowest BCUT2D eigenvalue weighted by Crippen LogP contribution is -2.45. The van der Waals surface area contributed by atoms with Gasteiger partial charge in [-0.3, -0.25) is 4.90 Å². The summed E-state index contributed by atoms with van der Waals surface area (Å²) in [6, 6.07) is 5.73. The third-order valence-corrected chi connectivity index (χ3v) is 4.44. The first-order valence-electron chi connectivity index (χ1n) is 7.22. The Hall–Kier alpha value is -0.930. The average Bonchev–Trinajstić information content (AvgIpc) is 2.38. The minimum atomic E-state index is -0.115. The summed E-state index contributed by atoms with van der Waals surface area (Å²) >= 11 is 0. The van der Waals surface area contributed by atoms with Gasteiger partial charge in [-0.2, -0.15) is 0 Å².